The first-order valence-corrected chi connectivity index (χ1v) is 12.5. The van der Waals surface area contributed by atoms with Crippen LogP contribution >= 0.6 is 23.5 Å². The highest BCUT2D eigenvalue weighted by Crippen LogP contribution is 2.32. The molecule has 0 radical (unpaired) electrons. The van der Waals surface area contributed by atoms with Crippen LogP contribution in [0.4, 0.5) is 14.6 Å². The minimum absolute atomic E-state index is 0.137. The van der Waals surface area contributed by atoms with E-state index >= 15 is 0 Å². The SMILES string of the molecule is CCc1ccc2c(c1)C(NCC(O)C(Cc1cc(F)cc(F)c1)Nc1cnsn1)CSC2. The molecule has 5 nitrogen and oxygen atoms in total. The third-order valence-corrected chi connectivity index (χ3v) is 7.21. The van der Waals surface area contributed by atoms with Crippen LogP contribution in [0, 0.1) is 11.6 Å². The van der Waals surface area contributed by atoms with Gasteiger partial charge >= 0.3 is 0 Å². The summed E-state index contributed by atoms with van der Waals surface area (Å²) >= 11 is 2.92. The molecular weight excluding hydrogens is 450 g/mol. The largest absolute Gasteiger partial charge is 0.390 e. The van der Waals surface area contributed by atoms with E-state index in [9.17, 15) is 13.9 Å². The predicted molar refractivity (Wildman–Crippen MR) is 126 cm³/mol. The molecule has 0 bridgehead atoms. The number of anilines is 1. The van der Waals surface area contributed by atoms with Crippen LogP contribution in [-0.4, -0.2) is 38.3 Å². The molecule has 9 heteroatoms. The van der Waals surface area contributed by atoms with E-state index in [0.717, 1.165) is 35.7 Å². The van der Waals surface area contributed by atoms with Gasteiger partial charge in [-0.05, 0) is 47.2 Å². The number of halogens is 2. The smallest absolute Gasteiger partial charge is 0.160 e. The Morgan fingerprint density at radius 1 is 1.16 bits per heavy atom. The normalized spacial score (nSPS) is 17.6. The molecule has 3 aromatic rings. The maximum atomic E-state index is 13.7. The van der Waals surface area contributed by atoms with E-state index < -0.39 is 23.8 Å². The van der Waals surface area contributed by atoms with Crippen LogP contribution in [0.1, 0.15) is 35.2 Å². The second kappa shape index (κ2) is 10.7. The quantitative estimate of drug-likeness (QED) is 0.427. The minimum atomic E-state index is -0.812. The van der Waals surface area contributed by atoms with Crippen molar-refractivity contribution in [1.82, 2.24) is 14.1 Å². The summed E-state index contributed by atoms with van der Waals surface area (Å²) in [5.41, 5.74) is 4.37. The third kappa shape index (κ3) is 5.83. The van der Waals surface area contributed by atoms with Gasteiger partial charge in [0.1, 0.15) is 11.6 Å². The summed E-state index contributed by atoms with van der Waals surface area (Å²) in [5, 5.41) is 17.7. The highest BCUT2D eigenvalue weighted by atomic mass is 32.2. The van der Waals surface area contributed by atoms with Gasteiger partial charge in [0.05, 0.1) is 30.1 Å². The summed E-state index contributed by atoms with van der Waals surface area (Å²) in [6.07, 6.45) is 1.98. The van der Waals surface area contributed by atoms with Gasteiger partial charge in [0.25, 0.3) is 0 Å². The van der Waals surface area contributed by atoms with Gasteiger partial charge in [-0.15, -0.1) is 0 Å². The molecule has 0 spiro atoms. The van der Waals surface area contributed by atoms with E-state index in [-0.39, 0.29) is 12.5 Å². The van der Waals surface area contributed by atoms with Crippen molar-refractivity contribution >= 4 is 29.3 Å². The number of hydrogen-bond acceptors (Lipinski definition) is 7. The number of benzene rings is 2. The first-order valence-electron chi connectivity index (χ1n) is 10.6. The Bertz CT molecular complexity index is 1010. The molecule has 0 fully saturated rings. The van der Waals surface area contributed by atoms with Crippen molar-refractivity contribution in [3.8, 4) is 0 Å². The fourth-order valence-corrected chi connectivity index (χ4v) is 5.47. The van der Waals surface area contributed by atoms with E-state index in [1.807, 2.05) is 11.8 Å². The van der Waals surface area contributed by atoms with Crippen LogP contribution in [0.3, 0.4) is 0 Å². The Morgan fingerprint density at radius 3 is 2.69 bits per heavy atom. The molecule has 1 aliphatic rings. The number of thioether (sulfide) groups is 1. The van der Waals surface area contributed by atoms with Crippen molar-refractivity contribution in [2.45, 2.75) is 43.7 Å². The number of hydrogen-bond donors (Lipinski definition) is 3. The van der Waals surface area contributed by atoms with Gasteiger partial charge in [0.2, 0.25) is 0 Å². The monoisotopic (exact) mass is 476 g/mol. The predicted octanol–water partition coefficient (Wildman–Crippen LogP) is 4.34. The van der Waals surface area contributed by atoms with Gasteiger partial charge in [-0.25, -0.2) is 8.78 Å². The maximum absolute atomic E-state index is 13.7. The minimum Gasteiger partial charge on any atom is -0.390 e. The number of fused-ring (bicyclic) bond motifs is 1. The molecule has 3 unspecified atom stereocenters. The Kier molecular flexibility index (Phi) is 7.72. The molecule has 2 aromatic carbocycles. The summed E-state index contributed by atoms with van der Waals surface area (Å²) in [7, 11) is 0. The number of aliphatic hydroxyl groups is 1. The molecule has 170 valence electrons. The van der Waals surface area contributed by atoms with Crippen molar-refractivity contribution in [3.63, 3.8) is 0 Å². The molecule has 4 rings (SSSR count). The molecule has 0 aliphatic carbocycles. The van der Waals surface area contributed by atoms with E-state index in [2.05, 4.69) is 44.5 Å². The maximum Gasteiger partial charge on any atom is 0.160 e. The Morgan fingerprint density at radius 2 is 1.97 bits per heavy atom. The average molecular weight is 477 g/mol. The number of aryl methyl sites for hydroxylation is 1. The van der Waals surface area contributed by atoms with Crippen LogP contribution in [0.25, 0.3) is 0 Å². The van der Waals surface area contributed by atoms with Crippen LogP contribution < -0.4 is 10.6 Å². The number of rotatable bonds is 9. The number of nitrogens with one attached hydrogen (secondary N) is 2. The lowest BCUT2D eigenvalue weighted by Crippen LogP contribution is -2.44. The summed E-state index contributed by atoms with van der Waals surface area (Å²) < 4.78 is 35.5. The highest BCUT2D eigenvalue weighted by Gasteiger charge is 2.25. The first kappa shape index (κ1) is 23.1. The van der Waals surface area contributed by atoms with E-state index in [0.29, 0.717) is 17.9 Å². The lowest BCUT2D eigenvalue weighted by Gasteiger charge is -2.30. The van der Waals surface area contributed by atoms with Gasteiger partial charge in [-0.1, -0.05) is 25.1 Å². The summed E-state index contributed by atoms with van der Waals surface area (Å²) in [6, 6.07) is 9.70. The van der Waals surface area contributed by atoms with Crippen molar-refractivity contribution in [2.24, 2.45) is 0 Å². The molecule has 0 saturated carbocycles. The van der Waals surface area contributed by atoms with E-state index in [1.54, 1.807) is 6.20 Å². The standard InChI is InChI=1S/C23H26F2N4OS2/c1-2-14-3-4-16-12-31-13-21(19(16)7-14)26-10-22(30)20(28-23-11-27-32-29-23)8-15-5-17(24)9-18(25)6-15/h3-7,9,11,20-22,26,30H,2,8,10,12-13H2,1H3,(H,28,29). The lowest BCUT2D eigenvalue weighted by atomic mass is 9.97. The summed E-state index contributed by atoms with van der Waals surface area (Å²) in [5.74, 6) is 1.18. The molecule has 1 aliphatic heterocycles. The molecule has 2 heterocycles. The van der Waals surface area contributed by atoms with Gasteiger partial charge < -0.3 is 15.7 Å². The summed E-state index contributed by atoms with van der Waals surface area (Å²) in [6.45, 7) is 2.47. The number of aliphatic hydroxyl groups excluding tert-OH is 1. The molecule has 0 amide bonds. The zero-order valence-electron chi connectivity index (χ0n) is 17.7. The van der Waals surface area contributed by atoms with Crippen LogP contribution in [0.2, 0.25) is 0 Å². The Hall–Kier alpha value is -2.07. The summed E-state index contributed by atoms with van der Waals surface area (Å²) in [4.78, 5) is 0. The van der Waals surface area contributed by atoms with Gasteiger partial charge in [0.15, 0.2) is 5.82 Å². The second-order valence-corrected chi connectivity index (χ2v) is 9.54. The molecule has 3 atom stereocenters. The topological polar surface area (TPSA) is 70.1 Å². The van der Waals surface area contributed by atoms with E-state index in [1.165, 1.54) is 28.8 Å². The van der Waals surface area contributed by atoms with Crippen molar-refractivity contribution in [1.29, 1.82) is 0 Å². The van der Waals surface area contributed by atoms with Crippen LogP contribution in [-0.2, 0) is 18.6 Å². The van der Waals surface area contributed by atoms with Gasteiger partial charge in [-0.2, -0.15) is 20.5 Å². The molecule has 3 N–H and O–H groups in total. The number of nitrogens with zero attached hydrogens (tertiary/aromatic N) is 2. The third-order valence-electron chi connectivity index (χ3n) is 5.65. The fourth-order valence-electron chi connectivity index (χ4n) is 3.95. The zero-order valence-corrected chi connectivity index (χ0v) is 19.4. The van der Waals surface area contributed by atoms with Crippen molar-refractivity contribution in [3.05, 3.63) is 76.5 Å². The lowest BCUT2D eigenvalue weighted by molar-refractivity contribution is 0.145. The average Bonchev–Trinajstić information content (AvgIpc) is 3.29. The highest BCUT2D eigenvalue weighted by molar-refractivity contribution is 7.98. The second-order valence-electron chi connectivity index (χ2n) is 7.96. The van der Waals surface area contributed by atoms with Crippen LogP contribution in [0.15, 0.2) is 42.6 Å². The first-order chi connectivity index (χ1) is 15.5. The molecule has 1 aromatic heterocycles. The van der Waals surface area contributed by atoms with E-state index in [4.69, 9.17) is 0 Å². The van der Waals surface area contributed by atoms with Gasteiger partial charge in [-0.3, -0.25) is 0 Å². The molecule has 32 heavy (non-hydrogen) atoms. The Labute approximate surface area is 195 Å². The fraction of sp³-hybridized carbons (Fsp3) is 0.391. The molecular formula is C23H26F2N4OS2. The van der Waals surface area contributed by atoms with Crippen molar-refractivity contribution < 1.29 is 13.9 Å². The molecule has 0 saturated heterocycles. The number of aromatic nitrogens is 2. The van der Waals surface area contributed by atoms with Crippen molar-refractivity contribution in [2.75, 3.05) is 17.6 Å². The zero-order chi connectivity index (χ0) is 22.5. The van der Waals surface area contributed by atoms with Crippen LogP contribution in [0.5, 0.6) is 0 Å². The van der Waals surface area contributed by atoms with Gasteiger partial charge in [0, 0.05) is 30.2 Å². The Balaban J connectivity index is 1.47.